The zero-order valence-electron chi connectivity index (χ0n) is 11.0. The highest BCUT2D eigenvalue weighted by atomic mass is 16.6. The maximum Gasteiger partial charge on any atom is 0.272 e. The minimum atomic E-state index is -0.318. The van der Waals surface area contributed by atoms with E-state index in [1.165, 1.54) is 6.42 Å². The molecule has 1 aliphatic heterocycles. The monoisotopic (exact) mass is 264 g/mol. The Hall–Kier alpha value is -1.46. The van der Waals surface area contributed by atoms with Gasteiger partial charge in [0.1, 0.15) is 0 Å². The molecule has 1 aromatic rings. The first kappa shape index (κ1) is 14.0. The molecule has 0 bridgehead atoms. The molecule has 0 spiro atoms. The van der Waals surface area contributed by atoms with Gasteiger partial charge < -0.3 is 10.1 Å². The van der Waals surface area contributed by atoms with Crippen molar-refractivity contribution >= 4 is 5.69 Å². The lowest BCUT2D eigenvalue weighted by atomic mass is 10.1. The number of hydrogen-bond donors (Lipinski definition) is 1. The molecule has 1 atom stereocenters. The van der Waals surface area contributed by atoms with Gasteiger partial charge in [0.05, 0.1) is 11.0 Å². The molecule has 1 N–H and O–H groups in total. The Labute approximate surface area is 113 Å². The van der Waals surface area contributed by atoms with Crippen molar-refractivity contribution in [3.63, 3.8) is 0 Å². The van der Waals surface area contributed by atoms with E-state index < -0.39 is 0 Å². The maximum absolute atomic E-state index is 10.9. The van der Waals surface area contributed by atoms with Crippen LogP contribution in [0, 0.1) is 10.1 Å². The van der Waals surface area contributed by atoms with Crippen LogP contribution >= 0.6 is 0 Å². The third kappa shape index (κ3) is 4.29. The van der Waals surface area contributed by atoms with Crippen LogP contribution in [0.15, 0.2) is 24.3 Å². The Kier molecular flexibility index (Phi) is 5.30. The molecule has 1 heterocycles. The molecule has 0 saturated carbocycles. The van der Waals surface area contributed by atoms with Gasteiger partial charge in [-0.1, -0.05) is 18.2 Å². The quantitative estimate of drug-likeness (QED) is 0.466. The lowest BCUT2D eigenvalue weighted by molar-refractivity contribution is -0.385. The average molecular weight is 264 g/mol. The normalized spacial score (nSPS) is 18.6. The number of para-hydroxylation sites is 1. The number of rotatable bonds is 7. The highest BCUT2D eigenvalue weighted by Gasteiger charge is 2.15. The van der Waals surface area contributed by atoms with Crippen molar-refractivity contribution in [2.45, 2.75) is 31.8 Å². The summed E-state index contributed by atoms with van der Waals surface area (Å²) in [4.78, 5) is 10.5. The van der Waals surface area contributed by atoms with Crippen molar-refractivity contribution in [1.82, 2.24) is 5.32 Å². The molecule has 1 fully saturated rings. The molecule has 2 rings (SSSR count). The molecular formula is C14H20N2O3. The van der Waals surface area contributed by atoms with Gasteiger partial charge in [-0.15, -0.1) is 0 Å². The summed E-state index contributed by atoms with van der Waals surface area (Å²) < 4.78 is 5.54. The van der Waals surface area contributed by atoms with Crippen molar-refractivity contribution in [3.8, 4) is 0 Å². The van der Waals surface area contributed by atoms with E-state index in [1.54, 1.807) is 12.1 Å². The first-order chi connectivity index (χ1) is 9.27. The van der Waals surface area contributed by atoms with Gasteiger partial charge in [-0.3, -0.25) is 10.1 Å². The topological polar surface area (TPSA) is 64.4 Å². The lowest BCUT2D eigenvalue weighted by Gasteiger charge is -2.10. The number of hydrogen-bond acceptors (Lipinski definition) is 4. The Morgan fingerprint density at radius 2 is 2.21 bits per heavy atom. The van der Waals surface area contributed by atoms with E-state index in [9.17, 15) is 10.1 Å². The molecule has 1 unspecified atom stereocenters. The standard InChI is InChI=1S/C14H20N2O3/c17-16(18)14-6-2-1-4-12(14)7-9-15-10-8-13-5-3-11-19-13/h1-2,4,6,13,15H,3,5,7-11H2. The molecule has 19 heavy (non-hydrogen) atoms. The predicted octanol–water partition coefficient (Wildman–Crippen LogP) is 2.30. The first-order valence-electron chi connectivity index (χ1n) is 6.82. The fourth-order valence-electron chi connectivity index (χ4n) is 2.38. The molecule has 1 saturated heterocycles. The van der Waals surface area contributed by atoms with E-state index in [2.05, 4.69) is 5.32 Å². The molecule has 5 nitrogen and oxygen atoms in total. The van der Waals surface area contributed by atoms with Crippen molar-refractivity contribution in [1.29, 1.82) is 0 Å². The van der Waals surface area contributed by atoms with Gasteiger partial charge in [0.25, 0.3) is 5.69 Å². The second-order valence-electron chi connectivity index (χ2n) is 4.81. The van der Waals surface area contributed by atoms with Crippen LogP contribution in [-0.2, 0) is 11.2 Å². The SMILES string of the molecule is O=[N+]([O-])c1ccccc1CCNCCC1CCCO1. The summed E-state index contributed by atoms with van der Waals surface area (Å²) in [5.74, 6) is 0. The summed E-state index contributed by atoms with van der Waals surface area (Å²) in [5.41, 5.74) is 1.00. The van der Waals surface area contributed by atoms with E-state index in [1.807, 2.05) is 12.1 Å². The molecule has 0 aromatic heterocycles. The third-order valence-corrected chi connectivity index (χ3v) is 3.43. The van der Waals surface area contributed by atoms with Gasteiger partial charge in [0.15, 0.2) is 0 Å². The number of nitrogens with zero attached hydrogens (tertiary/aromatic N) is 1. The number of nitro groups is 1. The van der Waals surface area contributed by atoms with Gasteiger partial charge in [-0.05, 0) is 38.8 Å². The molecular weight excluding hydrogens is 244 g/mol. The summed E-state index contributed by atoms with van der Waals surface area (Å²) in [6.07, 6.45) is 4.44. The predicted molar refractivity (Wildman–Crippen MR) is 73.3 cm³/mol. The second kappa shape index (κ2) is 7.21. The van der Waals surface area contributed by atoms with Crippen molar-refractivity contribution in [2.75, 3.05) is 19.7 Å². The van der Waals surface area contributed by atoms with Crippen LogP contribution < -0.4 is 5.32 Å². The van der Waals surface area contributed by atoms with Gasteiger partial charge >= 0.3 is 0 Å². The highest BCUT2D eigenvalue weighted by molar-refractivity contribution is 5.39. The minimum Gasteiger partial charge on any atom is -0.378 e. The molecule has 0 aliphatic carbocycles. The summed E-state index contributed by atoms with van der Waals surface area (Å²) in [5, 5.41) is 14.2. The van der Waals surface area contributed by atoms with Crippen LogP contribution in [0.2, 0.25) is 0 Å². The molecule has 104 valence electrons. The number of benzene rings is 1. The average Bonchev–Trinajstić information content (AvgIpc) is 2.92. The summed E-state index contributed by atoms with van der Waals surface area (Å²) in [6, 6.07) is 6.92. The van der Waals surface area contributed by atoms with Crippen LogP contribution in [0.5, 0.6) is 0 Å². The summed E-state index contributed by atoms with van der Waals surface area (Å²) in [7, 11) is 0. The van der Waals surface area contributed by atoms with Crippen LogP contribution in [0.25, 0.3) is 0 Å². The smallest absolute Gasteiger partial charge is 0.272 e. The Balaban J connectivity index is 1.69. The van der Waals surface area contributed by atoms with Crippen LogP contribution in [0.4, 0.5) is 5.69 Å². The Bertz CT molecular complexity index is 417. The van der Waals surface area contributed by atoms with Crippen molar-refractivity contribution in [3.05, 3.63) is 39.9 Å². The molecule has 1 aliphatic rings. The maximum atomic E-state index is 10.9. The number of nitro benzene ring substituents is 1. The molecule has 5 heteroatoms. The molecule has 1 aromatic carbocycles. The minimum absolute atomic E-state index is 0.212. The first-order valence-corrected chi connectivity index (χ1v) is 6.82. The van der Waals surface area contributed by atoms with E-state index in [-0.39, 0.29) is 10.6 Å². The van der Waals surface area contributed by atoms with Crippen LogP contribution in [0.3, 0.4) is 0 Å². The second-order valence-corrected chi connectivity index (χ2v) is 4.81. The van der Waals surface area contributed by atoms with Crippen LogP contribution in [-0.4, -0.2) is 30.7 Å². The van der Waals surface area contributed by atoms with Gasteiger partial charge in [-0.25, -0.2) is 0 Å². The number of nitrogens with one attached hydrogen (secondary N) is 1. The zero-order valence-corrected chi connectivity index (χ0v) is 11.0. The van der Waals surface area contributed by atoms with Crippen LogP contribution in [0.1, 0.15) is 24.8 Å². The Morgan fingerprint density at radius 3 is 2.95 bits per heavy atom. The summed E-state index contributed by atoms with van der Waals surface area (Å²) >= 11 is 0. The third-order valence-electron chi connectivity index (χ3n) is 3.43. The van der Waals surface area contributed by atoms with Gasteiger partial charge in [0, 0.05) is 18.2 Å². The Morgan fingerprint density at radius 1 is 1.37 bits per heavy atom. The van der Waals surface area contributed by atoms with E-state index in [0.717, 1.165) is 38.1 Å². The van der Waals surface area contributed by atoms with E-state index in [4.69, 9.17) is 4.74 Å². The van der Waals surface area contributed by atoms with Crippen molar-refractivity contribution < 1.29 is 9.66 Å². The molecule has 0 radical (unpaired) electrons. The largest absolute Gasteiger partial charge is 0.378 e. The fraction of sp³-hybridized carbons (Fsp3) is 0.571. The summed E-state index contributed by atoms with van der Waals surface area (Å²) in [6.45, 7) is 2.56. The van der Waals surface area contributed by atoms with Gasteiger partial charge in [-0.2, -0.15) is 0 Å². The highest BCUT2D eigenvalue weighted by Crippen LogP contribution is 2.18. The number of ether oxygens (including phenoxy) is 1. The lowest BCUT2D eigenvalue weighted by Crippen LogP contribution is -2.22. The van der Waals surface area contributed by atoms with E-state index >= 15 is 0 Å². The van der Waals surface area contributed by atoms with Gasteiger partial charge in [0.2, 0.25) is 0 Å². The fourth-order valence-corrected chi connectivity index (χ4v) is 2.38. The molecule has 0 amide bonds. The van der Waals surface area contributed by atoms with E-state index in [0.29, 0.717) is 12.5 Å². The zero-order chi connectivity index (χ0) is 13.5. The van der Waals surface area contributed by atoms with Crippen molar-refractivity contribution in [2.24, 2.45) is 0 Å².